The number of aromatic nitrogens is 1. The van der Waals surface area contributed by atoms with Crippen molar-refractivity contribution in [2.24, 2.45) is 0 Å². The van der Waals surface area contributed by atoms with Gasteiger partial charge in [-0.1, -0.05) is 24.3 Å². The van der Waals surface area contributed by atoms with Gasteiger partial charge in [0.25, 0.3) is 5.91 Å². The Balaban J connectivity index is 1.33. The van der Waals surface area contributed by atoms with E-state index in [1.165, 1.54) is 16.2 Å². The summed E-state index contributed by atoms with van der Waals surface area (Å²) in [6, 6.07) is 18.9. The van der Waals surface area contributed by atoms with Gasteiger partial charge in [-0.15, -0.1) is 22.7 Å². The summed E-state index contributed by atoms with van der Waals surface area (Å²) in [5.41, 5.74) is 1.90. The summed E-state index contributed by atoms with van der Waals surface area (Å²) in [7, 11) is 3.28. The van der Waals surface area contributed by atoms with E-state index in [9.17, 15) is 9.59 Å². The molecule has 0 unspecified atom stereocenters. The van der Waals surface area contributed by atoms with Gasteiger partial charge in [0.1, 0.15) is 15.6 Å². The van der Waals surface area contributed by atoms with Crippen molar-refractivity contribution in [1.82, 2.24) is 9.88 Å². The molecule has 0 saturated carbocycles. The van der Waals surface area contributed by atoms with Crippen molar-refractivity contribution in [3.8, 4) is 15.6 Å². The highest BCUT2D eigenvalue weighted by atomic mass is 32.1. The number of hydrogen-bond acceptors (Lipinski definition) is 7. The van der Waals surface area contributed by atoms with Gasteiger partial charge in [0, 0.05) is 13.6 Å². The molecule has 0 aliphatic heterocycles. The lowest BCUT2D eigenvalue weighted by Crippen LogP contribution is -2.30. The number of benzene rings is 2. The molecule has 0 N–H and O–H groups in total. The monoisotopic (exact) mass is 452 g/mol. The van der Waals surface area contributed by atoms with Gasteiger partial charge in [0.15, 0.2) is 6.61 Å². The fourth-order valence-corrected chi connectivity index (χ4v) is 4.86. The second-order valence-electron chi connectivity index (χ2n) is 6.82. The summed E-state index contributed by atoms with van der Waals surface area (Å²) in [5.74, 6) is -0.0245. The van der Waals surface area contributed by atoms with E-state index in [4.69, 9.17) is 9.47 Å². The fourth-order valence-electron chi connectivity index (χ4n) is 2.94. The number of ether oxygens (including phenoxy) is 2. The van der Waals surface area contributed by atoms with E-state index in [1.807, 2.05) is 54.6 Å². The highest BCUT2D eigenvalue weighted by Gasteiger charge is 2.17. The normalized spacial score (nSPS) is 10.8. The minimum atomic E-state index is -0.511. The first-order valence-corrected chi connectivity index (χ1v) is 11.2. The molecule has 0 fully saturated rings. The van der Waals surface area contributed by atoms with E-state index in [-0.39, 0.29) is 12.5 Å². The number of methoxy groups -OCH3 is 1. The molecule has 1 amide bonds. The van der Waals surface area contributed by atoms with Crippen LogP contribution in [0, 0.1) is 0 Å². The summed E-state index contributed by atoms with van der Waals surface area (Å²) >= 11 is 2.89. The lowest BCUT2D eigenvalue weighted by Gasteiger charge is -2.17. The molecule has 158 valence electrons. The van der Waals surface area contributed by atoms with Crippen molar-refractivity contribution >= 4 is 44.8 Å². The number of carbonyl (C=O) groups is 2. The van der Waals surface area contributed by atoms with Crippen LogP contribution in [0.25, 0.3) is 20.1 Å². The number of rotatable bonds is 7. The molecular formula is C23H20N2O4S2. The van der Waals surface area contributed by atoms with Crippen LogP contribution in [0.1, 0.15) is 15.2 Å². The molecule has 0 bridgehead atoms. The van der Waals surface area contributed by atoms with Crippen LogP contribution >= 0.6 is 22.7 Å². The van der Waals surface area contributed by atoms with Crippen LogP contribution in [-0.4, -0.2) is 42.5 Å². The molecule has 2 heterocycles. The summed E-state index contributed by atoms with van der Waals surface area (Å²) in [5, 5.41) is 0.862. The molecule has 0 aliphatic carbocycles. The number of likely N-dealkylation sites (N-methyl/N-ethyl adjacent to an activating group) is 1. The third-order valence-corrected chi connectivity index (χ3v) is 6.91. The average molecular weight is 453 g/mol. The van der Waals surface area contributed by atoms with E-state index in [0.29, 0.717) is 11.4 Å². The van der Waals surface area contributed by atoms with Gasteiger partial charge in [-0.2, -0.15) is 0 Å². The molecule has 2 aromatic carbocycles. The van der Waals surface area contributed by atoms with E-state index in [0.717, 1.165) is 31.4 Å². The van der Waals surface area contributed by atoms with Crippen LogP contribution < -0.4 is 4.74 Å². The lowest BCUT2D eigenvalue weighted by atomic mass is 10.2. The van der Waals surface area contributed by atoms with Gasteiger partial charge in [0.2, 0.25) is 0 Å². The number of thiazole rings is 1. The zero-order valence-corrected chi connectivity index (χ0v) is 18.7. The molecule has 0 atom stereocenters. The first kappa shape index (κ1) is 21.0. The molecule has 6 nitrogen and oxygen atoms in total. The van der Waals surface area contributed by atoms with E-state index >= 15 is 0 Å². The molecule has 8 heteroatoms. The van der Waals surface area contributed by atoms with Crippen molar-refractivity contribution in [1.29, 1.82) is 0 Å². The quantitative estimate of drug-likeness (QED) is 0.375. The largest absolute Gasteiger partial charge is 0.497 e. The Bertz CT molecular complexity index is 1180. The minimum Gasteiger partial charge on any atom is -0.497 e. The topological polar surface area (TPSA) is 68.7 Å². The first-order valence-electron chi connectivity index (χ1n) is 9.53. The molecular weight excluding hydrogens is 432 g/mol. The Hall–Kier alpha value is -3.23. The van der Waals surface area contributed by atoms with E-state index < -0.39 is 5.97 Å². The molecule has 0 spiro atoms. The summed E-state index contributed by atoms with van der Waals surface area (Å²) < 4.78 is 11.5. The Morgan fingerprint density at radius 3 is 2.52 bits per heavy atom. The molecule has 31 heavy (non-hydrogen) atoms. The van der Waals surface area contributed by atoms with Crippen LogP contribution in [0.5, 0.6) is 5.75 Å². The van der Waals surface area contributed by atoms with Crippen molar-refractivity contribution in [3.05, 3.63) is 71.1 Å². The number of carbonyl (C=O) groups excluding carboxylic acids is 2. The zero-order valence-electron chi connectivity index (χ0n) is 17.0. The molecule has 2 aromatic heterocycles. The number of esters is 1. The fraction of sp³-hybridized carbons (Fsp3) is 0.174. The van der Waals surface area contributed by atoms with Gasteiger partial charge in [-0.25, -0.2) is 9.78 Å². The number of thiophene rings is 1. The van der Waals surface area contributed by atoms with Gasteiger partial charge >= 0.3 is 5.97 Å². The predicted molar refractivity (Wildman–Crippen MR) is 123 cm³/mol. The smallest absolute Gasteiger partial charge is 0.348 e. The second kappa shape index (κ2) is 9.28. The van der Waals surface area contributed by atoms with Crippen LogP contribution in [-0.2, 0) is 16.1 Å². The minimum absolute atomic E-state index is 0.271. The van der Waals surface area contributed by atoms with E-state index in [1.54, 1.807) is 31.6 Å². The van der Waals surface area contributed by atoms with Gasteiger partial charge in [0.05, 0.1) is 22.2 Å². The highest BCUT2D eigenvalue weighted by Crippen LogP contribution is 2.34. The van der Waals surface area contributed by atoms with E-state index in [2.05, 4.69) is 4.98 Å². The number of hydrogen-bond donors (Lipinski definition) is 0. The standard InChI is InChI=1S/C23H20N2O4S2/c1-25(13-15-7-9-16(28-2)10-8-15)21(26)14-29-23(27)20-12-11-19(30-20)22-24-17-5-3-4-6-18(17)31-22/h3-12H,13-14H2,1-2H3. The van der Waals surface area contributed by atoms with Crippen molar-refractivity contribution in [2.45, 2.75) is 6.54 Å². The molecule has 0 radical (unpaired) electrons. The molecule has 4 aromatic rings. The Morgan fingerprint density at radius 1 is 1.00 bits per heavy atom. The molecule has 4 rings (SSSR count). The Kier molecular flexibility index (Phi) is 6.29. The Morgan fingerprint density at radius 2 is 1.77 bits per heavy atom. The SMILES string of the molecule is COc1ccc(CN(C)C(=O)COC(=O)c2ccc(-c3nc4ccccc4s3)s2)cc1. The maximum absolute atomic E-state index is 12.4. The molecule has 0 aliphatic rings. The first-order chi connectivity index (χ1) is 15.0. The van der Waals surface area contributed by atoms with Crippen molar-refractivity contribution < 1.29 is 19.1 Å². The van der Waals surface area contributed by atoms with Crippen LogP contribution in [0.2, 0.25) is 0 Å². The predicted octanol–water partition coefficient (Wildman–Crippen LogP) is 4.85. The third kappa shape index (κ3) is 4.92. The number of para-hydroxylation sites is 1. The van der Waals surface area contributed by atoms with Crippen LogP contribution in [0.15, 0.2) is 60.7 Å². The summed E-state index contributed by atoms with van der Waals surface area (Å²) in [6.07, 6.45) is 0. The Labute approximate surface area is 187 Å². The number of nitrogens with zero attached hydrogens (tertiary/aromatic N) is 2. The highest BCUT2D eigenvalue weighted by molar-refractivity contribution is 7.26. The van der Waals surface area contributed by atoms with Crippen LogP contribution in [0.3, 0.4) is 0 Å². The van der Waals surface area contributed by atoms with Gasteiger partial charge < -0.3 is 14.4 Å². The van der Waals surface area contributed by atoms with Crippen molar-refractivity contribution in [2.75, 3.05) is 20.8 Å². The second-order valence-corrected chi connectivity index (χ2v) is 8.94. The maximum Gasteiger partial charge on any atom is 0.348 e. The van der Waals surface area contributed by atoms with Crippen molar-refractivity contribution in [3.63, 3.8) is 0 Å². The third-order valence-electron chi connectivity index (χ3n) is 4.64. The maximum atomic E-state index is 12.4. The van der Waals surface area contributed by atoms with Gasteiger partial charge in [-0.3, -0.25) is 4.79 Å². The summed E-state index contributed by atoms with van der Waals surface area (Å²) in [4.78, 5) is 32.2. The number of fused-ring (bicyclic) bond motifs is 1. The zero-order chi connectivity index (χ0) is 21.8. The molecule has 0 saturated heterocycles. The lowest BCUT2D eigenvalue weighted by molar-refractivity contribution is -0.133. The summed E-state index contributed by atoms with van der Waals surface area (Å²) in [6.45, 7) is 0.112. The van der Waals surface area contributed by atoms with Gasteiger partial charge in [-0.05, 0) is 42.0 Å². The average Bonchev–Trinajstić information content (AvgIpc) is 3.45. The van der Waals surface area contributed by atoms with Crippen LogP contribution in [0.4, 0.5) is 0 Å². The number of amides is 1.